The molecular weight excluding hydrogens is 516 g/mol. The quantitative estimate of drug-likeness (QED) is 0.461. The lowest BCUT2D eigenvalue weighted by atomic mass is 10.1. The van der Waals surface area contributed by atoms with Crippen molar-refractivity contribution >= 4 is 15.9 Å². The Morgan fingerprint density at radius 2 is 1.78 bits per heavy atom. The predicted molar refractivity (Wildman–Crippen MR) is 125 cm³/mol. The third-order valence-corrected chi connectivity index (χ3v) is 7.93. The standard InChI is InChI=1S/C24H24F4N4O4S/c1-15-11-21(32(13-15)37(34,35)20-9-5-18(25)6-10-20)22(33)29-12-16-14-31(30-23(16)36-2)19-7-3-17(4-8-19)24(26,27)28/h3-10,14-15,21H,11-13H2,1-2H3,(H,29,33)/t15-,21-/m0/s1. The van der Waals surface area contributed by atoms with Gasteiger partial charge in [0.25, 0.3) is 0 Å². The highest BCUT2D eigenvalue weighted by Crippen LogP contribution is 2.31. The van der Waals surface area contributed by atoms with Crippen LogP contribution in [0.1, 0.15) is 24.5 Å². The number of sulfonamides is 1. The second-order valence-electron chi connectivity index (χ2n) is 8.76. The summed E-state index contributed by atoms with van der Waals surface area (Å²) < 4.78 is 85.8. The van der Waals surface area contributed by atoms with Gasteiger partial charge < -0.3 is 10.1 Å². The molecule has 13 heteroatoms. The SMILES string of the molecule is COc1nn(-c2ccc(C(F)(F)F)cc2)cc1CNC(=O)[C@@H]1C[C@H](C)CN1S(=O)(=O)c1ccc(F)cc1. The largest absolute Gasteiger partial charge is 0.480 e. The summed E-state index contributed by atoms with van der Waals surface area (Å²) in [5.41, 5.74) is -0.00594. The Labute approximate surface area is 210 Å². The molecule has 1 aromatic heterocycles. The third kappa shape index (κ3) is 5.62. The number of methoxy groups -OCH3 is 1. The molecule has 37 heavy (non-hydrogen) atoms. The number of amides is 1. The first-order valence-electron chi connectivity index (χ1n) is 11.3. The van der Waals surface area contributed by atoms with Crippen molar-refractivity contribution in [1.82, 2.24) is 19.4 Å². The number of rotatable bonds is 7. The van der Waals surface area contributed by atoms with Gasteiger partial charge in [-0.3, -0.25) is 4.79 Å². The van der Waals surface area contributed by atoms with E-state index in [1.165, 1.54) is 30.1 Å². The molecule has 0 radical (unpaired) electrons. The van der Waals surface area contributed by atoms with E-state index >= 15 is 0 Å². The van der Waals surface area contributed by atoms with Crippen LogP contribution in [0.3, 0.4) is 0 Å². The van der Waals surface area contributed by atoms with Gasteiger partial charge in [0.15, 0.2) is 0 Å². The molecule has 0 spiro atoms. The zero-order valence-corrected chi connectivity index (χ0v) is 20.7. The lowest BCUT2D eigenvalue weighted by Gasteiger charge is -2.23. The van der Waals surface area contributed by atoms with E-state index in [1.807, 2.05) is 6.92 Å². The second kappa shape index (κ2) is 10.1. The number of aromatic nitrogens is 2. The molecule has 0 saturated carbocycles. The monoisotopic (exact) mass is 540 g/mol. The topological polar surface area (TPSA) is 93.5 Å². The van der Waals surface area contributed by atoms with E-state index in [1.54, 1.807) is 0 Å². The lowest BCUT2D eigenvalue weighted by Crippen LogP contribution is -2.45. The summed E-state index contributed by atoms with van der Waals surface area (Å²) in [7, 11) is -2.68. The van der Waals surface area contributed by atoms with Crippen LogP contribution in [-0.4, -0.2) is 48.1 Å². The zero-order valence-electron chi connectivity index (χ0n) is 19.9. The Morgan fingerprint density at radius 3 is 2.38 bits per heavy atom. The van der Waals surface area contributed by atoms with Gasteiger partial charge in [-0.25, -0.2) is 17.5 Å². The van der Waals surface area contributed by atoms with E-state index < -0.39 is 39.5 Å². The van der Waals surface area contributed by atoms with E-state index in [9.17, 15) is 30.8 Å². The van der Waals surface area contributed by atoms with Crippen molar-refractivity contribution < 1.29 is 35.5 Å². The maximum atomic E-state index is 13.3. The summed E-state index contributed by atoms with van der Waals surface area (Å²) in [6.45, 7) is 1.91. The summed E-state index contributed by atoms with van der Waals surface area (Å²) in [5, 5.41) is 6.91. The minimum absolute atomic E-state index is 0.0576. The molecule has 0 aliphatic carbocycles. The summed E-state index contributed by atoms with van der Waals surface area (Å²) in [6.07, 6.45) is -2.66. The highest BCUT2D eigenvalue weighted by Gasteiger charge is 2.42. The van der Waals surface area contributed by atoms with Crippen molar-refractivity contribution in [2.75, 3.05) is 13.7 Å². The molecule has 1 aliphatic rings. The van der Waals surface area contributed by atoms with Gasteiger partial charge in [-0.05, 0) is 60.9 Å². The first-order chi connectivity index (χ1) is 17.4. The van der Waals surface area contributed by atoms with Crippen molar-refractivity contribution in [3.63, 3.8) is 0 Å². The molecule has 2 aromatic carbocycles. The van der Waals surface area contributed by atoms with Crippen LogP contribution >= 0.6 is 0 Å². The van der Waals surface area contributed by atoms with E-state index in [0.717, 1.165) is 40.7 Å². The van der Waals surface area contributed by atoms with E-state index in [0.29, 0.717) is 17.7 Å². The smallest absolute Gasteiger partial charge is 0.416 e. The third-order valence-electron chi connectivity index (χ3n) is 6.04. The van der Waals surface area contributed by atoms with Crippen molar-refractivity contribution in [3.05, 3.63) is 71.7 Å². The molecule has 1 N–H and O–H groups in total. The van der Waals surface area contributed by atoms with Gasteiger partial charge in [-0.2, -0.15) is 17.5 Å². The summed E-state index contributed by atoms with van der Waals surface area (Å²) in [4.78, 5) is 13.0. The van der Waals surface area contributed by atoms with Crippen LogP contribution in [0, 0.1) is 11.7 Å². The molecule has 198 valence electrons. The average Bonchev–Trinajstić information content (AvgIpc) is 3.46. The maximum absolute atomic E-state index is 13.3. The number of hydrogen-bond donors (Lipinski definition) is 1. The summed E-state index contributed by atoms with van der Waals surface area (Å²) in [6, 6.07) is 7.81. The van der Waals surface area contributed by atoms with Crippen LogP contribution in [-0.2, 0) is 27.5 Å². The minimum Gasteiger partial charge on any atom is -0.480 e. The molecule has 2 atom stereocenters. The van der Waals surface area contributed by atoms with E-state index in [4.69, 9.17) is 4.74 Å². The van der Waals surface area contributed by atoms with Crippen molar-refractivity contribution in [3.8, 4) is 11.6 Å². The number of benzene rings is 2. The predicted octanol–water partition coefficient (Wildman–Crippen LogP) is 3.75. The Morgan fingerprint density at radius 1 is 1.14 bits per heavy atom. The van der Waals surface area contributed by atoms with Crippen LogP contribution < -0.4 is 10.1 Å². The maximum Gasteiger partial charge on any atom is 0.416 e. The average molecular weight is 541 g/mol. The van der Waals surface area contributed by atoms with E-state index in [2.05, 4.69) is 10.4 Å². The van der Waals surface area contributed by atoms with Gasteiger partial charge >= 0.3 is 6.18 Å². The number of carbonyl (C=O) groups excluding carboxylic acids is 1. The van der Waals surface area contributed by atoms with Gasteiger partial charge in [0.1, 0.15) is 11.9 Å². The second-order valence-corrected chi connectivity index (χ2v) is 10.6. The van der Waals surface area contributed by atoms with Crippen LogP contribution in [0.4, 0.5) is 17.6 Å². The van der Waals surface area contributed by atoms with Crippen LogP contribution in [0.25, 0.3) is 5.69 Å². The van der Waals surface area contributed by atoms with Gasteiger partial charge in [0, 0.05) is 19.3 Å². The van der Waals surface area contributed by atoms with Crippen LogP contribution in [0.2, 0.25) is 0 Å². The Bertz CT molecular complexity index is 1370. The summed E-state index contributed by atoms with van der Waals surface area (Å²) >= 11 is 0. The van der Waals surface area contributed by atoms with Crippen LogP contribution in [0.15, 0.2) is 59.6 Å². The molecule has 8 nitrogen and oxygen atoms in total. The molecule has 1 amide bonds. The molecule has 1 saturated heterocycles. The number of hydrogen-bond acceptors (Lipinski definition) is 5. The Hall–Kier alpha value is -3.45. The molecule has 1 fully saturated rings. The molecule has 0 unspecified atom stereocenters. The first kappa shape index (κ1) is 26.6. The first-order valence-corrected chi connectivity index (χ1v) is 12.7. The number of nitrogens with one attached hydrogen (secondary N) is 1. The highest BCUT2D eigenvalue weighted by atomic mass is 32.2. The number of alkyl halides is 3. The van der Waals surface area contributed by atoms with Gasteiger partial charge in [0.2, 0.25) is 21.8 Å². The van der Waals surface area contributed by atoms with Crippen LogP contribution in [0.5, 0.6) is 5.88 Å². The fourth-order valence-corrected chi connectivity index (χ4v) is 5.89. The van der Waals surface area contributed by atoms with Gasteiger partial charge in [0.05, 0.1) is 28.8 Å². The van der Waals surface area contributed by atoms with Crippen molar-refractivity contribution in [1.29, 1.82) is 0 Å². The number of carbonyl (C=O) groups is 1. The fourth-order valence-electron chi connectivity index (χ4n) is 4.18. The number of ether oxygens (including phenoxy) is 1. The minimum atomic E-state index is -4.47. The lowest BCUT2D eigenvalue weighted by molar-refractivity contribution is -0.137. The van der Waals surface area contributed by atoms with Gasteiger partial charge in [-0.1, -0.05) is 6.92 Å². The molecule has 4 rings (SSSR count). The van der Waals surface area contributed by atoms with Crippen molar-refractivity contribution in [2.45, 2.75) is 37.0 Å². The fraction of sp³-hybridized carbons (Fsp3) is 0.333. The Balaban J connectivity index is 1.50. The number of nitrogens with zero attached hydrogens (tertiary/aromatic N) is 3. The molecular formula is C24H24F4N4O4S. The number of halogens is 4. The highest BCUT2D eigenvalue weighted by molar-refractivity contribution is 7.89. The molecule has 3 aromatic rings. The molecule has 2 heterocycles. The normalized spacial score (nSPS) is 18.6. The molecule has 1 aliphatic heterocycles. The van der Waals surface area contributed by atoms with E-state index in [-0.39, 0.29) is 29.8 Å². The van der Waals surface area contributed by atoms with Crippen molar-refractivity contribution in [2.24, 2.45) is 5.92 Å². The summed E-state index contributed by atoms with van der Waals surface area (Å²) in [5.74, 6) is -1.04. The molecule has 0 bridgehead atoms. The zero-order chi connectivity index (χ0) is 27.0. The Kier molecular flexibility index (Phi) is 7.29. The van der Waals surface area contributed by atoms with Gasteiger partial charge in [-0.15, -0.1) is 5.10 Å².